The minimum atomic E-state index is -0.928. The van der Waals surface area contributed by atoms with Crippen molar-refractivity contribution in [3.63, 3.8) is 0 Å². The summed E-state index contributed by atoms with van der Waals surface area (Å²) in [5.74, 6) is 0.262. The molecule has 0 radical (unpaired) electrons. The van der Waals surface area contributed by atoms with E-state index in [-0.39, 0.29) is 5.56 Å². The van der Waals surface area contributed by atoms with Gasteiger partial charge in [0.05, 0.1) is 11.3 Å². The monoisotopic (exact) mass is 280 g/mol. The van der Waals surface area contributed by atoms with Crippen LogP contribution in [0.3, 0.4) is 0 Å². The number of nitrogens with one attached hydrogen (secondary N) is 1. The molecule has 0 amide bonds. The van der Waals surface area contributed by atoms with Crippen LogP contribution in [-0.2, 0) is 6.54 Å². The first-order valence-corrected chi connectivity index (χ1v) is 7.77. The van der Waals surface area contributed by atoms with Gasteiger partial charge < -0.3 is 10.4 Å². The zero-order valence-electron chi connectivity index (χ0n) is 11.1. The highest BCUT2D eigenvalue weighted by Crippen LogP contribution is 2.29. The van der Waals surface area contributed by atoms with Crippen LogP contribution in [0.15, 0.2) is 18.3 Å². The molecule has 1 heterocycles. The molecule has 104 valence electrons. The van der Waals surface area contributed by atoms with E-state index in [0.717, 1.165) is 10.9 Å². The van der Waals surface area contributed by atoms with Gasteiger partial charge in [0.15, 0.2) is 0 Å². The Morgan fingerprint density at radius 2 is 2.37 bits per heavy atom. The Kier molecular flexibility index (Phi) is 5.22. The van der Waals surface area contributed by atoms with Crippen molar-refractivity contribution in [3.8, 4) is 0 Å². The molecule has 2 atom stereocenters. The maximum atomic E-state index is 10.7. The summed E-state index contributed by atoms with van der Waals surface area (Å²) < 4.78 is 0. The molecule has 1 aliphatic rings. The molecule has 4 nitrogen and oxygen atoms in total. The van der Waals surface area contributed by atoms with Crippen LogP contribution < -0.4 is 5.32 Å². The van der Waals surface area contributed by atoms with Gasteiger partial charge in [-0.3, -0.25) is 4.98 Å². The highest BCUT2D eigenvalue weighted by molar-refractivity contribution is 7.99. The third kappa shape index (κ3) is 4.21. The van der Waals surface area contributed by atoms with Gasteiger partial charge in [-0.25, -0.2) is 4.79 Å². The molecule has 0 aromatic carbocycles. The summed E-state index contributed by atoms with van der Waals surface area (Å²) in [6.45, 7) is 2.92. The fraction of sp³-hybridized carbons (Fsp3) is 0.571. The van der Waals surface area contributed by atoms with Crippen LogP contribution in [0.5, 0.6) is 0 Å². The van der Waals surface area contributed by atoms with Gasteiger partial charge >= 0.3 is 5.97 Å². The van der Waals surface area contributed by atoms with E-state index in [4.69, 9.17) is 5.11 Å². The molecule has 0 saturated heterocycles. The van der Waals surface area contributed by atoms with Gasteiger partial charge in [-0.15, -0.1) is 0 Å². The Hall–Kier alpha value is -1.07. The number of rotatable bonds is 6. The molecule has 0 spiro atoms. The first-order valence-electron chi connectivity index (χ1n) is 6.72. The van der Waals surface area contributed by atoms with Crippen LogP contribution in [0.4, 0.5) is 0 Å². The van der Waals surface area contributed by atoms with Gasteiger partial charge in [0.2, 0.25) is 0 Å². The number of hydrogen-bond acceptors (Lipinski definition) is 4. The number of carboxylic acid groups (broad SMARTS) is 1. The predicted molar refractivity (Wildman–Crippen MR) is 77.6 cm³/mol. The van der Waals surface area contributed by atoms with Crippen molar-refractivity contribution in [1.82, 2.24) is 10.3 Å². The highest BCUT2D eigenvalue weighted by atomic mass is 32.2. The summed E-state index contributed by atoms with van der Waals surface area (Å²) >= 11 is 2.05. The predicted octanol–water partition coefficient (Wildman–Crippen LogP) is 2.54. The Balaban J connectivity index is 1.78. The molecule has 2 rings (SSSR count). The van der Waals surface area contributed by atoms with E-state index in [1.54, 1.807) is 12.1 Å². The molecular formula is C14H20N2O2S. The number of hydrogen-bond donors (Lipinski definition) is 2. The number of carboxylic acids is 1. The maximum absolute atomic E-state index is 10.7. The van der Waals surface area contributed by atoms with Crippen LogP contribution in [0, 0.1) is 0 Å². The first kappa shape index (κ1) is 14.3. The second-order valence-electron chi connectivity index (χ2n) is 4.81. The van der Waals surface area contributed by atoms with E-state index in [1.807, 2.05) is 11.8 Å². The van der Waals surface area contributed by atoms with Crippen LogP contribution in [0.1, 0.15) is 42.2 Å². The number of carbonyl (C=O) groups is 1. The fourth-order valence-electron chi connectivity index (χ4n) is 2.42. The van der Waals surface area contributed by atoms with Crippen LogP contribution in [0.2, 0.25) is 0 Å². The van der Waals surface area contributed by atoms with E-state index in [0.29, 0.717) is 12.6 Å². The van der Waals surface area contributed by atoms with E-state index in [1.165, 1.54) is 31.2 Å². The molecule has 0 aliphatic heterocycles. The maximum Gasteiger partial charge on any atom is 0.337 e. The normalized spacial score (nSPS) is 22.6. The number of pyridine rings is 1. The Morgan fingerprint density at radius 3 is 3.00 bits per heavy atom. The van der Waals surface area contributed by atoms with E-state index in [2.05, 4.69) is 17.2 Å². The molecule has 1 aromatic rings. The Labute approximate surface area is 118 Å². The summed E-state index contributed by atoms with van der Waals surface area (Å²) in [4.78, 5) is 14.9. The van der Waals surface area contributed by atoms with Crippen molar-refractivity contribution in [2.75, 3.05) is 5.75 Å². The molecule has 19 heavy (non-hydrogen) atoms. The van der Waals surface area contributed by atoms with Gasteiger partial charge in [-0.05, 0) is 37.1 Å². The van der Waals surface area contributed by atoms with E-state index in [9.17, 15) is 4.79 Å². The van der Waals surface area contributed by atoms with Gasteiger partial charge in [-0.2, -0.15) is 11.8 Å². The summed E-state index contributed by atoms with van der Waals surface area (Å²) in [5.41, 5.74) is 1.14. The molecule has 0 bridgehead atoms. The minimum absolute atomic E-state index is 0.240. The minimum Gasteiger partial charge on any atom is -0.478 e. The lowest BCUT2D eigenvalue weighted by atomic mass is 10.2. The average molecular weight is 280 g/mol. The van der Waals surface area contributed by atoms with Gasteiger partial charge in [0.25, 0.3) is 0 Å². The van der Waals surface area contributed by atoms with E-state index < -0.39 is 5.97 Å². The standard InChI is InChI=1S/C14H20N2O2S/c1-2-19-13-6-5-11(7-13)16-9-12-4-3-10(8-15-12)14(17)18/h3-4,8,11,13,16H,2,5-7,9H2,1H3,(H,17,18). The number of aromatic carboxylic acids is 1. The van der Waals surface area contributed by atoms with Crippen LogP contribution in [0.25, 0.3) is 0 Å². The molecular weight excluding hydrogens is 260 g/mol. The van der Waals surface area contributed by atoms with Gasteiger partial charge in [0.1, 0.15) is 0 Å². The van der Waals surface area contributed by atoms with Crippen molar-refractivity contribution < 1.29 is 9.90 Å². The zero-order chi connectivity index (χ0) is 13.7. The Bertz CT molecular complexity index is 422. The van der Waals surface area contributed by atoms with Crippen molar-refractivity contribution in [2.45, 2.75) is 44.0 Å². The number of thioether (sulfide) groups is 1. The zero-order valence-corrected chi connectivity index (χ0v) is 11.9. The van der Waals surface area contributed by atoms with Crippen molar-refractivity contribution in [1.29, 1.82) is 0 Å². The molecule has 2 N–H and O–H groups in total. The Morgan fingerprint density at radius 1 is 1.53 bits per heavy atom. The summed E-state index contributed by atoms with van der Waals surface area (Å²) in [6.07, 6.45) is 5.17. The van der Waals surface area contributed by atoms with Gasteiger partial charge in [0, 0.05) is 24.0 Å². The summed E-state index contributed by atoms with van der Waals surface area (Å²) in [5, 5.41) is 13.1. The van der Waals surface area contributed by atoms with Crippen LogP contribution >= 0.6 is 11.8 Å². The summed E-state index contributed by atoms with van der Waals surface area (Å²) in [7, 11) is 0. The molecule has 2 unspecified atom stereocenters. The average Bonchev–Trinajstić information content (AvgIpc) is 2.85. The third-order valence-corrected chi connectivity index (χ3v) is 4.66. The number of nitrogens with zero attached hydrogens (tertiary/aromatic N) is 1. The fourth-order valence-corrected chi connectivity index (χ4v) is 3.56. The number of aromatic nitrogens is 1. The topological polar surface area (TPSA) is 62.2 Å². The van der Waals surface area contributed by atoms with Crippen LogP contribution in [-0.4, -0.2) is 33.1 Å². The lowest BCUT2D eigenvalue weighted by Crippen LogP contribution is -2.26. The first-order chi connectivity index (χ1) is 9.19. The highest BCUT2D eigenvalue weighted by Gasteiger charge is 2.23. The van der Waals surface area contributed by atoms with Gasteiger partial charge in [-0.1, -0.05) is 6.92 Å². The smallest absolute Gasteiger partial charge is 0.337 e. The van der Waals surface area contributed by atoms with Crippen molar-refractivity contribution in [2.24, 2.45) is 0 Å². The molecule has 1 aliphatic carbocycles. The largest absolute Gasteiger partial charge is 0.478 e. The SMILES string of the molecule is CCSC1CCC(NCc2ccc(C(=O)O)cn2)C1. The lowest BCUT2D eigenvalue weighted by Gasteiger charge is -2.12. The second kappa shape index (κ2) is 6.91. The molecule has 1 fully saturated rings. The molecule has 1 saturated carbocycles. The van der Waals surface area contributed by atoms with Crippen molar-refractivity contribution in [3.05, 3.63) is 29.6 Å². The second-order valence-corrected chi connectivity index (χ2v) is 6.39. The quantitative estimate of drug-likeness (QED) is 0.838. The molecule has 5 heteroatoms. The lowest BCUT2D eigenvalue weighted by molar-refractivity contribution is 0.0696. The summed E-state index contributed by atoms with van der Waals surface area (Å²) in [6, 6.07) is 3.96. The van der Waals surface area contributed by atoms with E-state index >= 15 is 0 Å². The molecule has 1 aromatic heterocycles. The van der Waals surface area contributed by atoms with Crippen molar-refractivity contribution >= 4 is 17.7 Å². The third-order valence-electron chi connectivity index (χ3n) is 3.43.